The average molecular weight is 276 g/mol. The zero-order valence-corrected chi connectivity index (χ0v) is 11.5. The van der Waals surface area contributed by atoms with Gasteiger partial charge < -0.3 is 5.32 Å². The Bertz CT molecular complexity index is 582. The monoisotopic (exact) mass is 275 g/mol. The number of hydrogen-bond donors (Lipinski definition) is 1. The summed E-state index contributed by atoms with van der Waals surface area (Å²) in [7, 11) is 0. The highest BCUT2D eigenvalue weighted by atomic mass is 35.5. The molecule has 0 saturated carbocycles. The van der Waals surface area contributed by atoms with E-state index in [4.69, 9.17) is 11.6 Å². The predicted octanol–water partition coefficient (Wildman–Crippen LogP) is 3.81. The van der Waals surface area contributed by atoms with Gasteiger partial charge in [0.25, 0.3) is 0 Å². The van der Waals surface area contributed by atoms with Crippen LogP contribution in [0.3, 0.4) is 0 Å². The van der Waals surface area contributed by atoms with Crippen molar-refractivity contribution in [1.82, 2.24) is 9.97 Å². The summed E-state index contributed by atoms with van der Waals surface area (Å²) in [5.41, 5.74) is 2.36. The lowest BCUT2D eigenvalue weighted by Gasteiger charge is -2.10. The summed E-state index contributed by atoms with van der Waals surface area (Å²) in [5, 5.41) is 3.21. The zero-order valence-electron chi connectivity index (χ0n) is 10.7. The number of nitrogens with zero attached hydrogens (tertiary/aromatic N) is 2. The fraction of sp³-hybridized carbons (Fsp3) is 0.214. The van der Waals surface area contributed by atoms with Crippen molar-refractivity contribution in [3.8, 4) is 0 Å². The normalized spacial score (nSPS) is 10.5. The number of anilines is 2. The Balaban J connectivity index is 2.26. The van der Waals surface area contributed by atoms with Gasteiger partial charge in [-0.15, -0.1) is 0 Å². The molecule has 0 aliphatic heterocycles. The summed E-state index contributed by atoms with van der Waals surface area (Å²) < 4.78 is 0. The van der Waals surface area contributed by atoms with Crippen LogP contribution in [0.25, 0.3) is 0 Å². The molecule has 0 aliphatic carbocycles. The summed E-state index contributed by atoms with van der Waals surface area (Å²) in [5.74, 6) is 0.889. The van der Waals surface area contributed by atoms with Crippen LogP contribution >= 0.6 is 11.6 Å². The van der Waals surface area contributed by atoms with Crippen LogP contribution in [0.15, 0.2) is 30.6 Å². The molecule has 1 heterocycles. The van der Waals surface area contributed by atoms with Crippen LogP contribution in [0.4, 0.5) is 11.5 Å². The van der Waals surface area contributed by atoms with E-state index in [2.05, 4.69) is 29.1 Å². The van der Waals surface area contributed by atoms with Gasteiger partial charge in [-0.1, -0.05) is 37.6 Å². The van der Waals surface area contributed by atoms with Crippen molar-refractivity contribution in [2.45, 2.75) is 19.8 Å². The Labute approximate surface area is 116 Å². The summed E-state index contributed by atoms with van der Waals surface area (Å²) in [6, 6.07) is 7.96. The van der Waals surface area contributed by atoms with Crippen molar-refractivity contribution >= 4 is 29.4 Å². The number of aromatic nitrogens is 2. The molecule has 0 amide bonds. The molecule has 0 saturated heterocycles. The average Bonchev–Trinajstić information content (AvgIpc) is 2.39. The maximum Gasteiger partial charge on any atom is 0.156 e. The summed E-state index contributed by atoms with van der Waals surface area (Å²) >= 11 is 5.84. The van der Waals surface area contributed by atoms with Gasteiger partial charge in [-0.05, 0) is 23.6 Å². The molecule has 1 aromatic heterocycles. The van der Waals surface area contributed by atoms with Crippen molar-refractivity contribution in [2.24, 2.45) is 0 Å². The minimum Gasteiger partial charge on any atom is -0.339 e. The maximum absolute atomic E-state index is 11.0. The van der Waals surface area contributed by atoms with E-state index in [1.807, 2.05) is 24.3 Å². The first-order valence-electron chi connectivity index (χ1n) is 5.94. The van der Waals surface area contributed by atoms with E-state index in [-0.39, 0.29) is 10.7 Å². The summed E-state index contributed by atoms with van der Waals surface area (Å²) in [6.45, 7) is 4.27. The van der Waals surface area contributed by atoms with Crippen LogP contribution in [-0.2, 0) is 0 Å². The second-order valence-electron chi connectivity index (χ2n) is 4.45. The zero-order chi connectivity index (χ0) is 13.8. The number of carbonyl (C=O) groups excluding carboxylic acids is 1. The molecule has 0 bridgehead atoms. The number of nitrogens with one attached hydrogen (secondary N) is 1. The van der Waals surface area contributed by atoms with Gasteiger partial charge in [-0.3, -0.25) is 4.79 Å². The molecular weight excluding hydrogens is 262 g/mol. The van der Waals surface area contributed by atoms with Crippen molar-refractivity contribution in [3.05, 3.63) is 46.9 Å². The molecule has 0 aliphatic rings. The predicted molar refractivity (Wildman–Crippen MR) is 76.2 cm³/mol. The largest absolute Gasteiger partial charge is 0.339 e. The lowest BCUT2D eigenvalue weighted by Crippen LogP contribution is -2.00. The van der Waals surface area contributed by atoms with Gasteiger partial charge in [0, 0.05) is 5.69 Å². The third-order valence-electron chi connectivity index (χ3n) is 2.79. The number of aldehydes is 1. The molecular formula is C14H14ClN3O. The lowest BCUT2D eigenvalue weighted by atomic mass is 10.0. The molecule has 98 valence electrons. The van der Waals surface area contributed by atoms with Crippen molar-refractivity contribution < 1.29 is 4.79 Å². The standard InChI is InChI=1S/C14H14ClN3O/c1-9(2)10-3-5-11(6-4-10)18-14-12(7-19)13(15)16-8-17-14/h3-9H,1-2H3,(H,16,17,18). The molecule has 0 spiro atoms. The summed E-state index contributed by atoms with van der Waals surface area (Å²) in [4.78, 5) is 18.8. The van der Waals surface area contributed by atoms with E-state index in [0.29, 0.717) is 18.0 Å². The first-order chi connectivity index (χ1) is 9.11. The molecule has 1 aromatic carbocycles. The molecule has 0 unspecified atom stereocenters. The van der Waals surface area contributed by atoms with Gasteiger partial charge in [0.1, 0.15) is 17.3 Å². The van der Waals surface area contributed by atoms with E-state index in [0.717, 1.165) is 5.69 Å². The Kier molecular flexibility index (Phi) is 4.12. The quantitative estimate of drug-likeness (QED) is 0.681. The number of rotatable bonds is 4. The van der Waals surface area contributed by atoms with Gasteiger partial charge in [0.2, 0.25) is 0 Å². The topological polar surface area (TPSA) is 54.9 Å². The van der Waals surface area contributed by atoms with E-state index < -0.39 is 0 Å². The second-order valence-corrected chi connectivity index (χ2v) is 4.80. The Morgan fingerprint density at radius 2 is 1.89 bits per heavy atom. The minimum atomic E-state index is 0.145. The van der Waals surface area contributed by atoms with Crippen molar-refractivity contribution in [3.63, 3.8) is 0 Å². The molecule has 1 N–H and O–H groups in total. The Hall–Kier alpha value is -1.94. The molecule has 5 heteroatoms. The highest BCUT2D eigenvalue weighted by Crippen LogP contribution is 2.23. The minimum absolute atomic E-state index is 0.145. The first-order valence-corrected chi connectivity index (χ1v) is 6.32. The first kappa shape index (κ1) is 13.5. The van der Waals surface area contributed by atoms with Crippen LogP contribution in [0.5, 0.6) is 0 Å². The molecule has 19 heavy (non-hydrogen) atoms. The molecule has 0 fully saturated rings. The second kappa shape index (κ2) is 5.80. The third-order valence-corrected chi connectivity index (χ3v) is 3.09. The molecule has 0 radical (unpaired) electrons. The van der Waals surface area contributed by atoms with Crippen LogP contribution in [-0.4, -0.2) is 16.3 Å². The van der Waals surface area contributed by atoms with Gasteiger partial charge in [-0.25, -0.2) is 9.97 Å². The number of hydrogen-bond acceptors (Lipinski definition) is 4. The lowest BCUT2D eigenvalue weighted by molar-refractivity contribution is 0.112. The van der Waals surface area contributed by atoms with E-state index in [9.17, 15) is 4.79 Å². The molecule has 2 aromatic rings. The van der Waals surface area contributed by atoms with E-state index in [1.165, 1.54) is 11.9 Å². The van der Waals surface area contributed by atoms with Crippen LogP contribution in [0, 0.1) is 0 Å². The smallest absolute Gasteiger partial charge is 0.156 e. The fourth-order valence-corrected chi connectivity index (χ4v) is 1.84. The number of benzene rings is 1. The summed E-state index contributed by atoms with van der Waals surface area (Å²) in [6.07, 6.45) is 1.97. The van der Waals surface area contributed by atoms with E-state index >= 15 is 0 Å². The van der Waals surface area contributed by atoms with Crippen LogP contribution in [0.1, 0.15) is 35.7 Å². The Morgan fingerprint density at radius 1 is 1.21 bits per heavy atom. The Morgan fingerprint density at radius 3 is 2.47 bits per heavy atom. The fourth-order valence-electron chi connectivity index (χ4n) is 1.67. The van der Waals surface area contributed by atoms with Gasteiger partial charge in [0.15, 0.2) is 6.29 Å². The maximum atomic E-state index is 11.0. The molecule has 2 rings (SSSR count). The number of carbonyl (C=O) groups is 1. The number of halogens is 1. The van der Waals surface area contributed by atoms with Gasteiger partial charge in [-0.2, -0.15) is 0 Å². The van der Waals surface area contributed by atoms with Crippen LogP contribution in [0.2, 0.25) is 5.15 Å². The molecule has 4 nitrogen and oxygen atoms in total. The third kappa shape index (κ3) is 3.09. The van der Waals surface area contributed by atoms with Gasteiger partial charge in [0.05, 0.1) is 5.56 Å². The highest BCUT2D eigenvalue weighted by Gasteiger charge is 2.09. The van der Waals surface area contributed by atoms with Crippen LogP contribution < -0.4 is 5.32 Å². The van der Waals surface area contributed by atoms with Crippen molar-refractivity contribution in [1.29, 1.82) is 0 Å². The highest BCUT2D eigenvalue weighted by molar-refractivity contribution is 6.32. The SMILES string of the molecule is CC(C)c1ccc(Nc2ncnc(Cl)c2C=O)cc1. The molecule has 0 atom stereocenters. The van der Waals surface area contributed by atoms with Gasteiger partial charge >= 0.3 is 0 Å². The van der Waals surface area contributed by atoms with E-state index in [1.54, 1.807) is 0 Å². The van der Waals surface area contributed by atoms with Crippen molar-refractivity contribution in [2.75, 3.05) is 5.32 Å².